The van der Waals surface area contributed by atoms with Crippen molar-refractivity contribution >= 4 is 28.5 Å². The first-order chi connectivity index (χ1) is 11.7. The summed E-state index contributed by atoms with van der Waals surface area (Å²) in [6.45, 7) is 4.51. The minimum atomic E-state index is 0.0690. The van der Waals surface area contributed by atoms with E-state index in [4.69, 9.17) is 0 Å². The quantitative estimate of drug-likeness (QED) is 0.735. The van der Waals surface area contributed by atoms with Crippen LogP contribution in [0.2, 0.25) is 0 Å². The molecular formula is C18H20N4OS. The van der Waals surface area contributed by atoms with Crippen LogP contribution in [0.1, 0.15) is 28.2 Å². The summed E-state index contributed by atoms with van der Waals surface area (Å²) in [6, 6.07) is 10.1. The van der Waals surface area contributed by atoms with Gasteiger partial charge in [0.05, 0.1) is 17.4 Å². The van der Waals surface area contributed by atoms with E-state index in [1.54, 1.807) is 0 Å². The van der Waals surface area contributed by atoms with Gasteiger partial charge in [0.15, 0.2) is 0 Å². The van der Waals surface area contributed by atoms with Gasteiger partial charge in [0, 0.05) is 24.5 Å². The van der Waals surface area contributed by atoms with Crippen molar-refractivity contribution in [3.63, 3.8) is 0 Å². The summed E-state index contributed by atoms with van der Waals surface area (Å²) in [5.74, 6) is 0.527. The first kappa shape index (κ1) is 15.3. The Labute approximate surface area is 145 Å². The third-order valence-electron chi connectivity index (χ3n) is 4.64. The van der Waals surface area contributed by atoms with Crippen molar-refractivity contribution in [2.75, 3.05) is 13.1 Å². The molecular weight excluding hydrogens is 320 g/mol. The lowest BCUT2D eigenvalue weighted by atomic mass is 9.97. The first-order valence-corrected chi connectivity index (χ1v) is 9.10. The Morgan fingerprint density at radius 1 is 1.38 bits per heavy atom. The lowest BCUT2D eigenvalue weighted by Gasteiger charge is -2.32. The molecule has 1 unspecified atom stereocenters. The lowest BCUT2D eigenvalue weighted by molar-refractivity contribution is 0.0658. The van der Waals surface area contributed by atoms with Crippen LogP contribution >= 0.6 is 11.5 Å². The number of likely N-dealkylation sites (tertiary alicyclic amines) is 1. The highest BCUT2D eigenvalue weighted by molar-refractivity contribution is 7.05. The SMILES string of the molecule is Cc1cc(C(=O)N2CCCC(Cn3cnc4ccccc43)C2)ns1. The Morgan fingerprint density at radius 3 is 3.08 bits per heavy atom. The van der Waals surface area contributed by atoms with Gasteiger partial charge in [-0.1, -0.05) is 12.1 Å². The second-order valence-electron chi connectivity index (χ2n) is 6.47. The van der Waals surface area contributed by atoms with E-state index in [0.29, 0.717) is 11.6 Å². The molecule has 1 amide bonds. The fourth-order valence-electron chi connectivity index (χ4n) is 3.46. The topological polar surface area (TPSA) is 51.0 Å². The summed E-state index contributed by atoms with van der Waals surface area (Å²) in [7, 11) is 0. The zero-order chi connectivity index (χ0) is 16.5. The van der Waals surface area contributed by atoms with Crippen molar-refractivity contribution in [3.8, 4) is 0 Å². The zero-order valence-corrected chi connectivity index (χ0v) is 14.5. The van der Waals surface area contributed by atoms with Crippen molar-refractivity contribution in [2.45, 2.75) is 26.3 Å². The summed E-state index contributed by atoms with van der Waals surface area (Å²) in [6.07, 6.45) is 4.10. The third-order valence-corrected chi connectivity index (χ3v) is 5.33. The molecule has 1 aliphatic heterocycles. The molecule has 6 heteroatoms. The number of aromatic nitrogens is 3. The van der Waals surface area contributed by atoms with Gasteiger partial charge in [-0.25, -0.2) is 4.98 Å². The molecule has 1 aliphatic rings. The van der Waals surface area contributed by atoms with E-state index in [1.807, 2.05) is 42.4 Å². The Bertz CT molecular complexity index is 869. The van der Waals surface area contributed by atoms with E-state index in [1.165, 1.54) is 11.5 Å². The number of carbonyl (C=O) groups excluding carboxylic acids is 1. The second-order valence-corrected chi connectivity index (χ2v) is 7.48. The molecule has 1 fully saturated rings. The van der Waals surface area contributed by atoms with Gasteiger partial charge in [-0.2, -0.15) is 4.37 Å². The molecule has 4 rings (SSSR count). The van der Waals surface area contributed by atoms with E-state index in [9.17, 15) is 4.79 Å². The number of rotatable bonds is 3. The minimum Gasteiger partial charge on any atom is -0.337 e. The van der Waals surface area contributed by atoms with E-state index in [-0.39, 0.29) is 5.91 Å². The average Bonchev–Trinajstić information content (AvgIpc) is 3.21. The molecule has 1 atom stereocenters. The molecule has 0 aliphatic carbocycles. The maximum absolute atomic E-state index is 12.6. The van der Waals surface area contributed by atoms with Crippen molar-refractivity contribution < 1.29 is 4.79 Å². The number of para-hydroxylation sites is 2. The molecule has 0 spiro atoms. The number of benzene rings is 1. The van der Waals surface area contributed by atoms with Crippen LogP contribution in [-0.4, -0.2) is 37.8 Å². The van der Waals surface area contributed by atoms with Crippen LogP contribution in [0.5, 0.6) is 0 Å². The van der Waals surface area contributed by atoms with Gasteiger partial charge in [0.1, 0.15) is 5.69 Å². The van der Waals surface area contributed by atoms with E-state index >= 15 is 0 Å². The van der Waals surface area contributed by atoms with Crippen LogP contribution in [0.15, 0.2) is 36.7 Å². The smallest absolute Gasteiger partial charge is 0.273 e. The molecule has 1 aromatic carbocycles. The van der Waals surface area contributed by atoms with Crippen molar-refractivity contribution in [2.24, 2.45) is 5.92 Å². The van der Waals surface area contributed by atoms with E-state index in [2.05, 4.69) is 20.0 Å². The van der Waals surface area contributed by atoms with Gasteiger partial charge < -0.3 is 9.47 Å². The normalized spacial score (nSPS) is 18.2. The molecule has 5 nitrogen and oxygen atoms in total. The first-order valence-electron chi connectivity index (χ1n) is 8.33. The van der Waals surface area contributed by atoms with Gasteiger partial charge >= 0.3 is 0 Å². The number of fused-ring (bicyclic) bond motifs is 1. The summed E-state index contributed by atoms with van der Waals surface area (Å²) in [5, 5.41) is 0. The van der Waals surface area contributed by atoms with Crippen LogP contribution in [0.3, 0.4) is 0 Å². The highest BCUT2D eigenvalue weighted by atomic mass is 32.1. The van der Waals surface area contributed by atoms with Gasteiger partial charge in [-0.3, -0.25) is 4.79 Å². The minimum absolute atomic E-state index is 0.0690. The number of imidazole rings is 1. The Morgan fingerprint density at radius 2 is 2.25 bits per heavy atom. The highest BCUT2D eigenvalue weighted by Gasteiger charge is 2.26. The van der Waals surface area contributed by atoms with Gasteiger partial charge in [-0.05, 0) is 55.4 Å². The predicted molar refractivity (Wildman–Crippen MR) is 95.2 cm³/mol. The van der Waals surface area contributed by atoms with Crippen molar-refractivity contribution in [1.29, 1.82) is 0 Å². The molecule has 0 bridgehead atoms. The van der Waals surface area contributed by atoms with E-state index in [0.717, 1.165) is 48.4 Å². The molecule has 3 aromatic rings. The Hall–Kier alpha value is -2.21. The van der Waals surface area contributed by atoms with Gasteiger partial charge in [0.25, 0.3) is 5.91 Å². The molecule has 0 radical (unpaired) electrons. The van der Waals surface area contributed by atoms with Gasteiger partial charge in [0.2, 0.25) is 0 Å². The summed E-state index contributed by atoms with van der Waals surface area (Å²) in [5.41, 5.74) is 2.78. The standard InChI is InChI=1S/C18H20N4OS/c1-13-9-16(20-24-13)18(23)21-8-4-5-14(10-21)11-22-12-19-15-6-2-3-7-17(15)22/h2-3,6-7,9,12,14H,4-5,8,10-11H2,1H3. The molecule has 3 heterocycles. The number of aryl methyl sites for hydroxylation is 1. The number of amides is 1. The monoisotopic (exact) mass is 340 g/mol. The summed E-state index contributed by atoms with van der Waals surface area (Å²) >= 11 is 1.39. The number of nitrogens with zero attached hydrogens (tertiary/aromatic N) is 4. The molecule has 2 aromatic heterocycles. The number of carbonyl (C=O) groups is 1. The maximum atomic E-state index is 12.6. The molecule has 24 heavy (non-hydrogen) atoms. The highest BCUT2D eigenvalue weighted by Crippen LogP contribution is 2.22. The Kier molecular flexibility index (Phi) is 4.06. The maximum Gasteiger partial charge on any atom is 0.273 e. The summed E-state index contributed by atoms with van der Waals surface area (Å²) < 4.78 is 6.48. The largest absolute Gasteiger partial charge is 0.337 e. The fraction of sp³-hybridized carbons (Fsp3) is 0.389. The van der Waals surface area contributed by atoms with Crippen LogP contribution < -0.4 is 0 Å². The van der Waals surface area contributed by atoms with Crippen LogP contribution in [0.4, 0.5) is 0 Å². The van der Waals surface area contributed by atoms with Crippen LogP contribution in [0.25, 0.3) is 11.0 Å². The number of hydrogen-bond donors (Lipinski definition) is 0. The molecule has 0 saturated carbocycles. The van der Waals surface area contributed by atoms with Gasteiger partial charge in [-0.15, -0.1) is 0 Å². The Balaban J connectivity index is 1.48. The number of hydrogen-bond acceptors (Lipinski definition) is 4. The van der Waals surface area contributed by atoms with Crippen LogP contribution in [-0.2, 0) is 6.54 Å². The molecule has 0 N–H and O–H groups in total. The average molecular weight is 340 g/mol. The number of piperidine rings is 1. The fourth-order valence-corrected chi connectivity index (χ4v) is 4.00. The predicted octanol–water partition coefficient (Wildman–Crippen LogP) is 3.35. The molecule has 124 valence electrons. The van der Waals surface area contributed by atoms with Crippen molar-refractivity contribution in [1.82, 2.24) is 18.8 Å². The van der Waals surface area contributed by atoms with Crippen molar-refractivity contribution in [3.05, 3.63) is 47.2 Å². The van der Waals surface area contributed by atoms with Crippen LogP contribution in [0, 0.1) is 12.8 Å². The third kappa shape index (κ3) is 2.94. The second kappa shape index (κ2) is 6.36. The molecule has 1 saturated heterocycles. The summed E-state index contributed by atoms with van der Waals surface area (Å²) in [4.78, 5) is 20.1. The lowest BCUT2D eigenvalue weighted by Crippen LogP contribution is -2.41. The zero-order valence-electron chi connectivity index (χ0n) is 13.7. The van der Waals surface area contributed by atoms with E-state index < -0.39 is 0 Å².